The molecule has 0 aliphatic rings. The normalized spacial score (nSPS) is 8.78. The fourth-order valence-corrected chi connectivity index (χ4v) is 1.60. The van der Waals surface area contributed by atoms with Crippen LogP contribution in [-0.4, -0.2) is 4.92 Å². The number of nitrogens with zero attached hydrogens (tertiary/aromatic N) is 1. The molecule has 0 aliphatic heterocycles. The van der Waals surface area contributed by atoms with Crippen molar-refractivity contribution in [3.8, 4) is 0 Å². The molecule has 3 nitrogen and oxygen atoms in total. The summed E-state index contributed by atoms with van der Waals surface area (Å²) >= 11 is 0. The molecule has 0 spiro atoms. The van der Waals surface area contributed by atoms with E-state index in [9.17, 15) is 10.1 Å². The standard InChI is InChI=1S/C8H10.C6H5NO2.C6H6/c1-7-5-3-4-6-8(7)2;8-7(9)6-4-2-1-3-5-6;1-2-4-6-5-3-1/h3-6H,1-2H3;1-5H;1-6H. The summed E-state index contributed by atoms with van der Waals surface area (Å²) in [6, 6.07) is 28.3. The fourth-order valence-electron chi connectivity index (χ4n) is 1.60. The zero-order chi connectivity index (χ0) is 16.9. The van der Waals surface area contributed by atoms with Gasteiger partial charge in [0, 0.05) is 12.1 Å². The van der Waals surface area contributed by atoms with E-state index in [1.54, 1.807) is 18.2 Å². The van der Waals surface area contributed by atoms with Crippen molar-refractivity contribution in [1.82, 2.24) is 0 Å². The van der Waals surface area contributed by atoms with Gasteiger partial charge in [-0.1, -0.05) is 78.9 Å². The largest absolute Gasteiger partial charge is 0.269 e. The first-order chi connectivity index (χ1) is 11.1. The molecule has 0 bridgehead atoms. The van der Waals surface area contributed by atoms with Gasteiger partial charge in [-0.3, -0.25) is 10.1 Å². The van der Waals surface area contributed by atoms with Crippen LogP contribution in [0.1, 0.15) is 11.1 Å². The Kier molecular flexibility index (Phi) is 8.46. The average Bonchev–Trinajstić information content (AvgIpc) is 2.61. The Morgan fingerprint density at radius 3 is 1.17 bits per heavy atom. The SMILES string of the molecule is Cc1ccccc1C.O=[N+]([O-])c1ccccc1.c1ccccc1. The van der Waals surface area contributed by atoms with Crippen molar-refractivity contribution in [3.05, 3.63) is 112 Å². The number of para-hydroxylation sites is 1. The van der Waals surface area contributed by atoms with E-state index in [0.717, 1.165) is 0 Å². The lowest BCUT2D eigenvalue weighted by Crippen LogP contribution is -1.84. The second-order valence-corrected chi connectivity index (χ2v) is 4.83. The molecule has 118 valence electrons. The second kappa shape index (κ2) is 10.7. The van der Waals surface area contributed by atoms with E-state index in [0.29, 0.717) is 0 Å². The van der Waals surface area contributed by atoms with Crippen LogP contribution >= 0.6 is 0 Å². The first kappa shape index (κ1) is 18.1. The molecule has 0 unspecified atom stereocenters. The van der Waals surface area contributed by atoms with E-state index in [2.05, 4.69) is 38.1 Å². The highest BCUT2D eigenvalue weighted by Crippen LogP contribution is 2.06. The lowest BCUT2D eigenvalue weighted by Gasteiger charge is -1.93. The lowest BCUT2D eigenvalue weighted by molar-refractivity contribution is -0.384. The zero-order valence-electron chi connectivity index (χ0n) is 13.4. The molecule has 3 heteroatoms. The van der Waals surface area contributed by atoms with Crippen molar-refractivity contribution >= 4 is 5.69 Å². The number of hydrogen-bond acceptors (Lipinski definition) is 2. The number of benzene rings is 3. The topological polar surface area (TPSA) is 43.1 Å². The summed E-state index contributed by atoms with van der Waals surface area (Å²) < 4.78 is 0. The Bertz CT molecular complexity index is 635. The predicted molar refractivity (Wildman–Crippen MR) is 95.5 cm³/mol. The van der Waals surface area contributed by atoms with E-state index in [-0.39, 0.29) is 5.69 Å². The number of nitro groups is 1. The highest BCUT2D eigenvalue weighted by atomic mass is 16.6. The smallest absolute Gasteiger partial charge is 0.258 e. The first-order valence-corrected chi connectivity index (χ1v) is 7.33. The minimum Gasteiger partial charge on any atom is -0.258 e. The maximum atomic E-state index is 10.0. The Balaban J connectivity index is 0.000000176. The Morgan fingerprint density at radius 2 is 0.913 bits per heavy atom. The van der Waals surface area contributed by atoms with Gasteiger partial charge in [-0.15, -0.1) is 0 Å². The van der Waals surface area contributed by atoms with Crippen molar-refractivity contribution < 1.29 is 4.92 Å². The van der Waals surface area contributed by atoms with Crippen molar-refractivity contribution in [3.63, 3.8) is 0 Å². The van der Waals surface area contributed by atoms with Gasteiger partial charge in [-0.05, 0) is 25.0 Å². The molecular formula is C20H21NO2. The van der Waals surface area contributed by atoms with Crippen molar-refractivity contribution in [1.29, 1.82) is 0 Å². The molecule has 0 heterocycles. The monoisotopic (exact) mass is 307 g/mol. The third kappa shape index (κ3) is 8.17. The van der Waals surface area contributed by atoms with Crippen LogP contribution in [0.15, 0.2) is 91.0 Å². The van der Waals surface area contributed by atoms with Gasteiger partial charge in [0.15, 0.2) is 0 Å². The van der Waals surface area contributed by atoms with Crippen LogP contribution in [0.2, 0.25) is 0 Å². The van der Waals surface area contributed by atoms with E-state index >= 15 is 0 Å². The number of rotatable bonds is 1. The van der Waals surface area contributed by atoms with Crippen LogP contribution in [0.3, 0.4) is 0 Å². The molecule has 3 aromatic carbocycles. The Morgan fingerprint density at radius 1 is 0.609 bits per heavy atom. The van der Waals surface area contributed by atoms with E-state index in [1.165, 1.54) is 23.3 Å². The molecule has 0 fully saturated rings. The van der Waals surface area contributed by atoms with Gasteiger partial charge >= 0.3 is 0 Å². The minimum absolute atomic E-state index is 0.137. The van der Waals surface area contributed by atoms with Crippen LogP contribution in [-0.2, 0) is 0 Å². The van der Waals surface area contributed by atoms with Crippen molar-refractivity contribution in [2.75, 3.05) is 0 Å². The summed E-state index contributed by atoms with van der Waals surface area (Å²) in [6.07, 6.45) is 0. The maximum Gasteiger partial charge on any atom is 0.269 e. The number of aryl methyl sites for hydroxylation is 2. The number of hydrogen-bond donors (Lipinski definition) is 0. The molecule has 0 N–H and O–H groups in total. The van der Waals surface area contributed by atoms with E-state index in [4.69, 9.17) is 0 Å². The molecule has 23 heavy (non-hydrogen) atoms. The molecule has 3 rings (SSSR count). The van der Waals surface area contributed by atoms with Gasteiger partial charge in [0.25, 0.3) is 5.69 Å². The van der Waals surface area contributed by atoms with Crippen LogP contribution in [0.4, 0.5) is 5.69 Å². The molecule has 0 radical (unpaired) electrons. The van der Waals surface area contributed by atoms with E-state index < -0.39 is 4.92 Å². The van der Waals surface area contributed by atoms with Gasteiger partial charge in [-0.2, -0.15) is 0 Å². The van der Waals surface area contributed by atoms with Crippen LogP contribution in [0, 0.1) is 24.0 Å². The van der Waals surface area contributed by atoms with Gasteiger partial charge in [0.05, 0.1) is 4.92 Å². The summed E-state index contributed by atoms with van der Waals surface area (Å²) in [6.45, 7) is 4.24. The predicted octanol–water partition coefficient (Wildman–Crippen LogP) is 5.58. The highest BCUT2D eigenvalue weighted by molar-refractivity contribution is 5.28. The third-order valence-corrected chi connectivity index (χ3v) is 3.06. The van der Waals surface area contributed by atoms with Crippen LogP contribution < -0.4 is 0 Å². The molecule has 0 aromatic heterocycles. The van der Waals surface area contributed by atoms with E-state index in [1.807, 2.05) is 36.4 Å². The summed E-state index contributed by atoms with van der Waals surface area (Å²) in [5.74, 6) is 0. The van der Waals surface area contributed by atoms with Gasteiger partial charge in [-0.25, -0.2) is 0 Å². The van der Waals surface area contributed by atoms with Gasteiger partial charge in [0.2, 0.25) is 0 Å². The number of nitro benzene ring substituents is 1. The molecule has 0 aliphatic carbocycles. The summed E-state index contributed by atoms with van der Waals surface area (Å²) in [4.78, 5) is 9.59. The van der Waals surface area contributed by atoms with Crippen LogP contribution in [0.25, 0.3) is 0 Å². The summed E-state index contributed by atoms with van der Waals surface area (Å²) in [7, 11) is 0. The summed E-state index contributed by atoms with van der Waals surface area (Å²) in [5, 5.41) is 10.0. The summed E-state index contributed by atoms with van der Waals surface area (Å²) in [5.41, 5.74) is 2.87. The molecule has 3 aromatic rings. The van der Waals surface area contributed by atoms with Crippen LogP contribution in [0.5, 0.6) is 0 Å². The molecular weight excluding hydrogens is 286 g/mol. The zero-order valence-corrected chi connectivity index (χ0v) is 13.4. The molecule has 0 atom stereocenters. The number of non-ortho nitro benzene ring substituents is 1. The maximum absolute atomic E-state index is 10.0. The fraction of sp³-hybridized carbons (Fsp3) is 0.100. The third-order valence-electron chi connectivity index (χ3n) is 3.06. The Labute approximate surface area is 137 Å². The lowest BCUT2D eigenvalue weighted by atomic mass is 10.1. The quantitative estimate of drug-likeness (QED) is 0.435. The first-order valence-electron chi connectivity index (χ1n) is 7.33. The highest BCUT2D eigenvalue weighted by Gasteiger charge is 1.98. The average molecular weight is 307 g/mol. The van der Waals surface area contributed by atoms with Crippen molar-refractivity contribution in [2.24, 2.45) is 0 Å². The molecule has 0 amide bonds. The molecule has 0 saturated carbocycles. The second-order valence-electron chi connectivity index (χ2n) is 4.83. The van der Waals surface area contributed by atoms with Crippen molar-refractivity contribution in [2.45, 2.75) is 13.8 Å². The van der Waals surface area contributed by atoms with Gasteiger partial charge < -0.3 is 0 Å². The Hall–Kier alpha value is -2.94. The van der Waals surface area contributed by atoms with Gasteiger partial charge in [0.1, 0.15) is 0 Å². The molecule has 0 saturated heterocycles. The minimum atomic E-state index is -0.417.